The van der Waals surface area contributed by atoms with Crippen LogP contribution in [0.1, 0.15) is 75.5 Å². The zero-order valence-electron chi connectivity index (χ0n) is 22.8. The van der Waals surface area contributed by atoms with Gasteiger partial charge in [0, 0.05) is 16.7 Å². The second kappa shape index (κ2) is 13.2. The highest BCUT2D eigenvalue weighted by molar-refractivity contribution is 6.03. The Kier molecular flexibility index (Phi) is 10.3. The van der Waals surface area contributed by atoms with Crippen LogP contribution in [0.25, 0.3) is 0 Å². The van der Waals surface area contributed by atoms with Crippen molar-refractivity contribution in [3.63, 3.8) is 0 Å². The van der Waals surface area contributed by atoms with Crippen LogP contribution in [-0.4, -0.2) is 34.3 Å². The average Bonchev–Trinajstić information content (AvgIpc) is 2.86. The minimum atomic E-state index is -0.844. The van der Waals surface area contributed by atoms with Crippen molar-refractivity contribution in [1.82, 2.24) is 15.8 Å². The van der Waals surface area contributed by atoms with Gasteiger partial charge in [-0.2, -0.15) is 0 Å². The van der Waals surface area contributed by atoms with Gasteiger partial charge < -0.3 is 5.73 Å². The summed E-state index contributed by atoms with van der Waals surface area (Å²) in [6.45, 7) is 11.7. The van der Waals surface area contributed by atoms with Crippen molar-refractivity contribution in [3.05, 3.63) is 106 Å². The third-order valence-electron chi connectivity index (χ3n) is 5.45. The number of hydrazine groups is 1. The van der Waals surface area contributed by atoms with Crippen LogP contribution in [-0.2, 0) is 6.42 Å². The summed E-state index contributed by atoms with van der Waals surface area (Å²) in [4.78, 5) is 47.1. The van der Waals surface area contributed by atoms with Crippen molar-refractivity contribution in [2.24, 2.45) is 5.73 Å². The highest BCUT2D eigenvalue weighted by atomic mass is 16.2. The Morgan fingerprint density at radius 1 is 0.763 bits per heavy atom. The number of carbonyl (C=O) groups is 4. The molecule has 0 radical (unpaired) electrons. The third-order valence-corrected chi connectivity index (χ3v) is 5.45. The van der Waals surface area contributed by atoms with E-state index < -0.39 is 17.5 Å². The lowest BCUT2D eigenvalue weighted by Crippen LogP contribution is -2.55. The van der Waals surface area contributed by atoms with E-state index in [2.05, 4.69) is 12.3 Å². The number of nitrogens with zero attached hydrogens (tertiary/aromatic N) is 1. The summed E-state index contributed by atoms with van der Waals surface area (Å²) in [6.07, 6.45) is 0.918. The maximum absolute atomic E-state index is 13.1. The number of carbonyl (C=O) groups excluding carboxylic acids is 4. The van der Waals surface area contributed by atoms with E-state index >= 15 is 0 Å². The molecule has 8 heteroatoms. The van der Waals surface area contributed by atoms with Crippen LogP contribution in [0.2, 0.25) is 0 Å². The molecule has 0 saturated carbocycles. The fraction of sp³-hybridized carbons (Fsp3) is 0.267. The molecular formula is C30H36N4O4. The normalized spacial score (nSPS) is 10.5. The van der Waals surface area contributed by atoms with Gasteiger partial charge in [-0.05, 0) is 83.0 Å². The van der Waals surface area contributed by atoms with Gasteiger partial charge >= 0.3 is 6.03 Å². The zero-order valence-corrected chi connectivity index (χ0v) is 22.8. The number of urea groups is 1. The van der Waals surface area contributed by atoms with E-state index in [-0.39, 0.29) is 11.8 Å². The highest BCUT2D eigenvalue weighted by Crippen LogP contribution is 2.18. The van der Waals surface area contributed by atoms with Crippen molar-refractivity contribution in [2.45, 2.75) is 53.5 Å². The number of rotatable bonds is 4. The molecule has 4 N–H and O–H groups in total. The molecule has 0 aromatic heterocycles. The van der Waals surface area contributed by atoms with E-state index in [4.69, 9.17) is 5.73 Å². The largest absolute Gasteiger partial charge is 0.351 e. The monoisotopic (exact) mass is 516 g/mol. The van der Waals surface area contributed by atoms with E-state index in [1.54, 1.807) is 42.5 Å². The van der Waals surface area contributed by atoms with Crippen molar-refractivity contribution in [3.8, 4) is 0 Å². The minimum absolute atomic E-state index is 0.220. The fourth-order valence-corrected chi connectivity index (χ4v) is 3.58. The van der Waals surface area contributed by atoms with Gasteiger partial charge in [0.15, 0.2) is 0 Å². The molecule has 0 atom stereocenters. The zero-order chi connectivity index (χ0) is 28.5. The molecule has 0 bridgehead atoms. The van der Waals surface area contributed by atoms with Gasteiger partial charge in [-0.25, -0.2) is 9.80 Å². The number of hydrogen-bond donors (Lipinski definition) is 3. The van der Waals surface area contributed by atoms with Gasteiger partial charge in [0.2, 0.25) is 0 Å². The average molecular weight is 517 g/mol. The van der Waals surface area contributed by atoms with Crippen LogP contribution < -0.4 is 16.5 Å². The van der Waals surface area contributed by atoms with Crippen LogP contribution in [0.15, 0.2) is 72.8 Å². The summed E-state index contributed by atoms with van der Waals surface area (Å²) in [5, 5.41) is 3.37. The van der Waals surface area contributed by atoms with Gasteiger partial charge in [-0.3, -0.25) is 25.1 Å². The lowest BCUT2D eigenvalue weighted by Gasteiger charge is -2.35. The number of primary amides is 1. The molecule has 8 nitrogen and oxygen atoms in total. The number of hydrogen-bond acceptors (Lipinski definition) is 4. The summed E-state index contributed by atoms with van der Waals surface area (Å²) in [5.41, 5.74) is 11.7. The van der Waals surface area contributed by atoms with E-state index in [9.17, 15) is 19.2 Å². The summed E-state index contributed by atoms with van der Waals surface area (Å²) in [5.74, 6) is -0.994. The summed E-state index contributed by atoms with van der Waals surface area (Å²) >= 11 is 0. The molecule has 0 aliphatic rings. The maximum Gasteiger partial charge on any atom is 0.319 e. The first-order valence-electron chi connectivity index (χ1n) is 12.3. The van der Waals surface area contributed by atoms with Crippen molar-refractivity contribution < 1.29 is 19.2 Å². The molecule has 0 fully saturated rings. The highest BCUT2D eigenvalue weighted by Gasteiger charge is 2.29. The Hall–Kier alpha value is -4.46. The number of imide groups is 1. The number of benzene rings is 3. The number of amides is 5. The lowest BCUT2D eigenvalue weighted by molar-refractivity contribution is 0.0358. The Morgan fingerprint density at radius 3 is 1.76 bits per heavy atom. The predicted octanol–water partition coefficient (Wildman–Crippen LogP) is 4.95. The second-order valence-electron chi connectivity index (χ2n) is 9.86. The van der Waals surface area contributed by atoms with Gasteiger partial charge in [0.05, 0.1) is 5.54 Å². The maximum atomic E-state index is 13.1. The van der Waals surface area contributed by atoms with Crippen molar-refractivity contribution >= 4 is 23.8 Å². The topological polar surface area (TPSA) is 122 Å². The number of nitrogens with two attached hydrogens (primary N) is 1. The quantitative estimate of drug-likeness (QED) is 0.425. The van der Waals surface area contributed by atoms with Crippen LogP contribution in [0.5, 0.6) is 0 Å². The summed E-state index contributed by atoms with van der Waals surface area (Å²) < 4.78 is 0. The van der Waals surface area contributed by atoms with Crippen molar-refractivity contribution in [1.29, 1.82) is 0 Å². The molecule has 5 amide bonds. The molecular weight excluding hydrogens is 480 g/mol. The Labute approximate surface area is 224 Å². The van der Waals surface area contributed by atoms with Crippen LogP contribution in [0, 0.1) is 13.8 Å². The summed E-state index contributed by atoms with van der Waals surface area (Å²) in [7, 11) is 0. The lowest BCUT2D eigenvalue weighted by atomic mass is 10.0. The van der Waals surface area contributed by atoms with Crippen LogP contribution in [0.3, 0.4) is 0 Å². The Bertz CT molecular complexity index is 1260. The molecule has 200 valence electrons. The van der Waals surface area contributed by atoms with Gasteiger partial charge in [-0.15, -0.1) is 0 Å². The molecule has 3 aromatic carbocycles. The predicted molar refractivity (Wildman–Crippen MR) is 149 cm³/mol. The summed E-state index contributed by atoms with van der Waals surface area (Å²) in [6, 6.07) is 20.7. The van der Waals surface area contributed by atoms with Gasteiger partial charge in [-0.1, -0.05) is 54.4 Å². The van der Waals surface area contributed by atoms with E-state index in [1.165, 1.54) is 10.6 Å². The molecule has 0 unspecified atom stereocenters. The first-order valence-corrected chi connectivity index (χ1v) is 12.3. The Morgan fingerprint density at radius 2 is 1.29 bits per heavy atom. The fourth-order valence-electron chi connectivity index (χ4n) is 3.58. The first-order chi connectivity index (χ1) is 17.8. The van der Waals surface area contributed by atoms with E-state index in [0.717, 1.165) is 17.5 Å². The van der Waals surface area contributed by atoms with Crippen LogP contribution >= 0.6 is 0 Å². The van der Waals surface area contributed by atoms with E-state index in [1.807, 2.05) is 70.3 Å². The SMILES string of the molecule is CCc1ccc(C(=O)NN(C(=O)c2cc(C)cc(C)c2)C(C)(C)C)cc1.NC(=O)NC(=O)c1ccccc1. The third kappa shape index (κ3) is 8.89. The van der Waals surface area contributed by atoms with Gasteiger partial charge in [0.25, 0.3) is 17.7 Å². The van der Waals surface area contributed by atoms with E-state index in [0.29, 0.717) is 16.7 Å². The second-order valence-corrected chi connectivity index (χ2v) is 9.86. The van der Waals surface area contributed by atoms with Gasteiger partial charge in [0.1, 0.15) is 0 Å². The molecule has 0 heterocycles. The first kappa shape index (κ1) is 29.8. The molecule has 0 saturated heterocycles. The Balaban J connectivity index is 0.000000352. The molecule has 3 aromatic rings. The number of aryl methyl sites for hydroxylation is 3. The molecule has 0 spiro atoms. The molecule has 0 aliphatic heterocycles. The molecule has 0 aliphatic carbocycles. The molecule has 3 rings (SSSR count). The van der Waals surface area contributed by atoms with Crippen LogP contribution in [0.4, 0.5) is 4.79 Å². The van der Waals surface area contributed by atoms with Crippen molar-refractivity contribution in [2.75, 3.05) is 0 Å². The minimum Gasteiger partial charge on any atom is -0.351 e. The molecule has 38 heavy (non-hydrogen) atoms. The smallest absolute Gasteiger partial charge is 0.319 e. The number of nitrogens with one attached hydrogen (secondary N) is 2. The standard InChI is InChI=1S/C22H28N2O2.C8H8N2O2/c1-7-17-8-10-18(11-9-17)20(25)23-24(22(4,5)6)21(26)19-13-15(2)12-16(3)14-19;9-8(12)10-7(11)6-4-2-1-3-5-6/h8-14H,7H2,1-6H3,(H,23,25);1-5H,(H3,9,10,11,12).